The molecule has 0 aliphatic heterocycles. The summed E-state index contributed by atoms with van der Waals surface area (Å²) in [5, 5.41) is 0.245. The molecule has 2 rings (SSSR count). The van der Waals surface area contributed by atoms with Crippen molar-refractivity contribution in [3.8, 4) is 0 Å². The topological polar surface area (TPSA) is 50.3 Å². The van der Waals surface area contributed by atoms with Gasteiger partial charge < -0.3 is 0 Å². The van der Waals surface area contributed by atoms with Gasteiger partial charge in [0.15, 0.2) is 0 Å². The van der Waals surface area contributed by atoms with E-state index >= 15 is 0 Å². The molecule has 2 aromatic heterocycles. The molecular weight excluding hydrogens is 351 g/mol. The minimum Gasteiger partial charge on any atom is -0.243 e. The third kappa shape index (κ3) is 4.05. The molecule has 0 aliphatic carbocycles. The second kappa shape index (κ2) is 6.89. The molecule has 112 valence electrons. The van der Waals surface area contributed by atoms with E-state index in [1.165, 1.54) is 40.0 Å². The van der Waals surface area contributed by atoms with Crippen LogP contribution < -0.4 is 0 Å². The van der Waals surface area contributed by atoms with E-state index in [0.717, 1.165) is 4.88 Å². The number of nitrogens with zero attached hydrogens (tertiary/aromatic N) is 2. The van der Waals surface area contributed by atoms with Crippen LogP contribution in [0.25, 0.3) is 0 Å². The van der Waals surface area contributed by atoms with Crippen molar-refractivity contribution in [3.63, 3.8) is 0 Å². The van der Waals surface area contributed by atoms with Crippen molar-refractivity contribution in [1.29, 1.82) is 0 Å². The summed E-state index contributed by atoms with van der Waals surface area (Å²) in [4.78, 5) is 4.76. The van der Waals surface area contributed by atoms with Gasteiger partial charge in [-0.05, 0) is 24.3 Å². The molecule has 0 amide bonds. The fraction of sp³-hybridized carbons (Fsp3) is 0.154. The van der Waals surface area contributed by atoms with E-state index in [9.17, 15) is 8.42 Å². The minimum absolute atomic E-state index is 0.0939. The molecule has 8 heteroatoms. The molecule has 0 spiro atoms. The Labute approximate surface area is 137 Å². The van der Waals surface area contributed by atoms with Crippen molar-refractivity contribution in [2.45, 2.75) is 11.4 Å². The molecule has 2 aromatic rings. The van der Waals surface area contributed by atoms with Gasteiger partial charge >= 0.3 is 0 Å². The normalized spacial score (nSPS) is 11.8. The number of hydrogen-bond acceptors (Lipinski definition) is 4. The molecular formula is C13H12Cl2N2O2S2. The predicted molar refractivity (Wildman–Crippen MR) is 86.4 cm³/mol. The van der Waals surface area contributed by atoms with E-state index in [1.54, 1.807) is 12.1 Å². The van der Waals surface area contributed by atoms with Crippen LogP contribution in [-0.2, 0) is 16.6 Å². The molecule has 2 heterocycles. The molecule has 0 N–H and O–H groups in total. The van der Waals surface area contributed by atoms with Crippen molar-refractivity contribution in [3.05, 3.63) is 57.5 Å². The number of sulfonamides is 1. The number of aromatic nitrogens is 1. The highest BCUT2D eigenvalue weighted by Gasteiger charge is 2.24. The van der Waals surface area contributed by atoms with Gasteiger partial charge in [-0.2, -0.15) is 4.31 Å². The van der Waals surface area contributed by atoms with Crippen LogP contribution in [0.15, 0.2) is 48.0 Å². The Kier molecular flexibility index (Phi) is 5.40. The van der Waals surface area contributed by atoms with E-state index in [0.29, 0.717) is 4.34 Å². The van der Waals surface area contributed by atoms with E-state index in [1.807, 2.05) is 0 Å². The third-order valence-electron chi connectivity index (χ3n) is 2.63. The Morgan fingerprint density at radius 1 is 1.29 bits per heavy atom. The van der Waals surface area contributed by atoms with Gasteiger partial charge in [0.05, 0.1) is 4.34 Å². The van der Waals surface area contributed by atoms with Gasteiger partial charge in [-0.15, -0.1) is 17.9 Å². The summed E-state index contributed by atoms with van der Waals surface area (Å²) in [6.07, 6.45) is 2.78. The number of halogens is 2. The molecule has 21 heavy (non-hydrogen) atoms. The smallest absolute Gasteiger partial charge is 0.243 e. The van der Waals surface area contributed by atoms with E-state index in [2.05, 4.69) is 11.6 Å². The Balaban J connectivity index is 2.31. The Morgan fingerprint density at radius 3 is 2.57 bits per heavy atom. The Morgan fingerprint density at radius 2 is 2.05 bits per heavy atom. The standard InChI is InChI=1S/C13H12Cl2N2O2S2/c1-2-7-17(9-10-3-6-13(15)20-10)21(18,19)11-4-5-12(14)16-8-11/h2-6,8H,1,7,9H2. The van der Waals surface area contributed by atoms with Crippen LogP contribution in [0, 0.1) is 0 Å². The fourth-order valence-corrected chi connectivity index (χ4v) is 4.30. The monoisotopic (exact) mass is 362 g/mol. The molecule has 0 aromatic carbocycles. The zero-order chi connectivity index (χ0) is 15.5. The maximum atomic E-state index is 12.6. The number of hydrogen-bond donors (Lipinski definition) is 0. The lowest BCUT2D eigenvalue weighted by molar-refractivity contribution is 0.441. The summed E-state index contributed by atoms with van der Waals surface area (Å²) in [7, 11) is -3.66. The van der Waals surface area contributed by atoms with Gasteiger partial charge in [-0.1, -0.05) is 29.3 Å². The summed E-state index contributed by atoms with van der Waals surface area (Å²) in [5.74, 6) is 0. The Bertz CT molecular complexity index is 727. The molecule has 4 nitrogen and oxygen atoms in total. The largest absolute Gasteiger partial charge is 0.245 e. The summed E-state index contributed by atoms with van der Waals surface area (Å²) < 4.78 is 27.2. The number of pyridine rings is 1. The molecule has 0 unspecified atom stereocenters. The van der Waals surface area contributed by atoms with Crippen LogP contribution in [0.3, 0.4) is 0 Å². The second-order valence-corrected chi connectivity index (χ2v) is 8.23. The van der Waals surface area contributed by atoms with Gasteiger partial charge in [0.2, 0.25) is 10.0 Å². The highest BCUT2D eigenvalue weighted by atomic mass is 35.5. The maximum absolute atomic E-state index is 12.6. The third-order valence-corrected chi connectivity index (χ3v) is 5.87. The summed E-state index contributed by atoms with van der Waals surface area (Å²) in [6, 6.07) is 6.42. The lowest BCUT2D eigenvalue weighted by Gasteiger charge is -2.19. The average molecular weight is 363 g/mol. The fourth-order valence-electron chi connectivity index (χ4n) is 1.67. The SMILES string of the molecule is C=CCN(Cc1ccc(Cl)s1)S(=O)(=O)c1ccc(Cl)nc1. The molecule has 0 saturated carbocycles. The van der Waals surface area contributed by atoms with Gasteiger partial charge in [-0.25, -0.2) is 13.4 Å². The zero-order valence-electron chi connectivity index (χ0n) is 10.9. The van der Waals surface area contributed by atoms with Crippen LogP contribution in [0.5, 0.6) is 0 Å². The van der Waals surface area contributed by atoms with Crippen LogP contribution in [0.4, 0.5) is 0 Å². The number of rotatable bonds is 6. The summed E-state index contributed by atoms with van der Waals surface area (Å²) in [5.41, 5.74) is 0. The first-order valence-corrected chi connectivity index (χ1v) is 8.91. The van der Waals surface area contributed by atoms with Crippen LogP contribution in [0.1, 0.15) is 4.88 Å². The number of thiophene rings is 1. The molecule has 0 saturated heterocycles. The van der Waals surface area contributed by atoms with Gasteiger partial charge in [-0.3, -0.25) is 0 Å². The molecule has 0 bridgehead atoms. The lowest BCUT2D eigenvalue weighted by Crippen LogP contribution is -2.30. The minimum atomic E-state index is -3.66. The van der Waals surface area contributed by atoms with E-state index < -0.39 is 10.0 Å². The van der Waals surface area contributed by atoms with Gasteiger partial charge in [0, 0.05) is 24.2 Å². The summed E-state index contributed by atoms with van der Waals surface area (Å²) >= 11 is 12.9. The average Bonchev–Trinajstić information content (AvgIpc) is 2.84. The molecule has 0 atom stereocenters. The molecule has 0 aliphatic rings. The second-order valence-electron chi connectivity index (χ2n) is 4.11. The first kappa shape index (κ1) is 16.5. The van der Waals surface area contributed by atoms with E-state index in [4.69, 9.17) is 23.2 Å². The van der Waals surface area contributed by atoms with Gasteiger partial charge in [0.25, 0.3) is 0 Å². The van der Waals surface area contributed by atoms with Crippen molar-refractivity contribution >= 4 is 44.6 Å². The highest BCUT2D eigenvalue weighted by Crippen LogP contribution is 2.25. The molecule has 0 fully saturated rings. The zero-order valence-corrected chi connectivity index (χ0v) is 14.0. The first-order chi connectivity index (χ1) is 9.93. The van der Waals surface area contributed by atoms with Crippen LogP contribution in [0.2, 0.25) is 9.49 Å². The first-order valence-electron chi connectivity index (χ1n) is 5.90. The van der Waals surface area contributed by atoms with E-state index in [-0.39, 0.29) is 23.1 Å². The quantitative estimate of drug-likeness (QED) is 0.579. The van der Waals surface area contributed by atoms with Crippen molar-refractivity contribution in [2.24, 2.45) is 0 Å². The maximum Gasteiger partial charge on any atom is 0.245 e. The van der Waals surface area contributed by atoms with Gasteiger partial charge in [0.1, 0.15) is 10.0 Å². The highest BCUT2D eigenvalue weighted by molar-refractivity contribution is 7.89. The van der Waals surface area contributed by atoms with Crippen LogP contribution >= 0.6 is 34.5 Å². The summed E-state index contributed by atoms with van der Waals surface area (Å²) in [6.45, 7) is 4.03. The van der Waals surface area contributed by atoms with Crippen LogP contribution in [-0.4, -0.2) is 24.3 Å². The van der Waals surface area contributed by atoms with Crippen molar-refractivity contribution in [2.75, 3.05) is 6.54 Å². The molecule has 0 radical (unpaired) electrons. The lowest BCUT2D eigenvalue weighted by atomic mass is 10.4. The predicted octanol–water partition coefficient (Wildman–Crippen LogP) is 3.83. The Hall–Kier alpha value is -0.920. The van der Waals surface area contributed by atoms with Crippen molar-refractivity contribution in [1.82, 2.24) is 9.29 Å². The van der Waals surface area contributed by atoms with Crippen molar-refractivity contribution < 1.29 is 8.42 Å².